The fourth-order valence-electron chi connectivity index (χ4n) is 3.12. The molecule has 0 aliphatic rings. The SMILES string of the molecule is CCOC(=O)c1c(C)oc2ccc(Oc3nc4ccccn4c(=O)c3[N+](=O)[O-])cc12. The lowest BCUT2D eigenvalue weighted by Gasteiger charge is -2.07. The quantitative estimate of drug-likeness (QED) is 0.278. The summed E-state index contributed by atoms with van der Waals surface area (Å²) in [6, 6.07) is 9.27. The molecule has 0 fully saturated rings. The summed E-state index contributed by atoms with van der Waals surface area (Å²) in [6.07, 6.45) is 1.38. The Kier molecular flexibility index (Phi) is 4.66. The Hall–Kier alpha value is -4.21. The lowest BCUT2D eigenvalue weighted by molar-refractivity contribution is -0.387. The molecule has 0 spiro atoms. The van der Waals surface area contributed by atoms with Gasteiger partial charge in [0.15, 0.2) is 0 Å². The van der Waals surface area contributed by atoms with Crippen molar-refractivity contribution >= 4 is 28.3 Å². The zero-order valence-corrected chi connectivity index (χ0v) is 15.9. The second kappa shape index (κ2) is 7.32. The first kappa shape index (κ1) is 19.1. The monoisotopic (exact) mass is 409 g/mol. The van der Waals surface area contributed by atoms with Gasteiger partial charge in [-0.2, -0.15) is 4.98 Å². The fraction of sp³-hybridized carbons (Fsp3) is 0.150. The predicted molar refractivity (Wildman–Crippen MR) is 105 cm³/mol. The van der Waals surface area contributed by atoms with Crippen molar-refractivity contribution in [2.24, 2.45) is 0 Å². The summed E-state index contributed by atoms with van der Waals surface area (Å²) in [5, 5.41) is 11.9. The molecule has 0 radical (unpaired) electrons. The van der Waals surface area contributed by atoms with Crippen LogP contribution < -0.4 is 10.3 Å². The number of aryl methyl sites for hydroxylation is 1. The van der Waals surface area contributed by atoms with Crippen LogP contribution in [0.15, 0.2) is 51.8 Å². The molecular weight excluding hydrogens is 394 g/mol. The number of fused-ring (bicyclic) bond motifs is 2. The Bertz CT molecular complexity index is 1370. The molecule has 3 aromatic heterocycles. The van der Waals surface area contributed by atoms with E-state index in [1.54, 1.807) is 32.0 Å². The van der Waals surface area contributed by atoms with Crippen LogP contribution in [0.5, 0.6) is 11.6 Å². The number of hydrogen-bond acceptors (Lipinski definition) is 8. The van der Waals surface area contributed by atoms with E-state index < -0.39 is 28.0 Å². The van der Waals surface area contributed by atoms with Crippen molar-refractivity contribution in [2.45, 2.75) is 13.8 Å². The van der Waals surface area contributed by atoms with Gasteiger partial charge in [-0.3, -0.25) is 19.3 Å². The lowest BCUT2D eigenvalue weighted by Crippen LogP contribution is -2.19. The van der Waals surface area contributed by atoms with E-state index >= 15 is 0 Å². The van der Waals surface area contributed by atoms with Crippen molar-refractivity contribution in [2.75, 3.05) is 6.61 Å². The highest BCUT2D eigenvalue weighted by atomic mass is 16.6. The van der Waals surface area contributed by atoms with Crippen LogP contribution in [0.25, 0.3) is 16.6 Å². The molecule has 0 unspecified atom stereocenters. The molecule has 152 valence electrons. The third-order valence-electron chi connectivity index (χ3n) is 4.39. The lowest BCUT2D eigenvalue weighted by atomic mass is 10.1. The van der Waals surface area contributed by atoms with Gasteiger partial charge in [-0.1, -0.05) is 6.07 Å². The predicted octanol–water partition coefficient (Wildman–Crippen LogP) is 3.63. The number of pyridine rings is 1. The Labute approximate surface area is 168 Å². The second-order valence-electron chi connectivity index (χ2n) is 6.27. The molecule has 10 nitrogen and oxygen atoms in total. The number of nitrogens with zero attached hydrogens (tertiary/aromatic N) is 3. The maximum atomic E-state index is 12.5. The maximum absolute atomic E-state index is 12.5. The van der Waals surface area contributed by atoms with Crippen molar-refractivity contribution in [3.8, 4) is 11.6 Å². The Morgan fingerprint density at radius 3 is 2.83 bits per heavy atom. The third-order valence-corrected chi connectivity index (χ3v) is 4.39. The molecule has 0 saturated carbocycles. The zero-order valence-electron chi connectivity index (χ0n) is 15.9. The van der Waals surface area contributed by atoms with Crippen molar-refractivity contribution in [3.05, 3.63) is 74.4 Å². The van der Waals surface area contributed by atoms with Gasteiger partial charge < -0.3 is 13.9 Å². The number of ether oxygens (including phenoxy) is 2. The summed E-state index contributed by atoms with van der Waals surface area (Å²) in [7, 11) is 0. The fourth-order valence-corrected chi connectivity index (χ4v) is 3.12. The molecule has 0 aliphatic heterocycles. The first-order chi connectivity index (χ1) is 14.4. The van der Waals surface area contributed by atoms with E-state index in [-0.39, 0.29) is 23.6 Å². The largest absolute Gasteiger partial charge is 0.462 e. The van der Waals surface area contributed by atoms with Crippen molar-refractivity contribution in [1.82, 2.24) is 9.38 Å². The molecule has 10 heteroatoms. The van der Waals surface area contributed by atoms with Crippen LogP contribution in [0.4, 0.5) is 5.69 Å². The Balaban J connectivity index is 1.85. The van der Waals surface area contributed by atoms with Crippen molar-refractivity contribution in [3.63, 3.8) is 0 Å². The number of hydrogen-bond donors (Lipinski definition) is 0. The standard InChI is InChI=1S/C20H15N3O7/c1-3-28-20(25)16-11(2)29-14-8-7-12(10-13(14)16)30-18-17(23(26)27)19(24)22-9-5-4-6-15(22)21-18/h4-10H,3H2,1-2H3. The molecule has 0 amide bonds. The Morgan fingerprint density at radius 2 is 2.10 bits per heavy atom. The van der Waals surface area contributed by atoms with Crippen LogP contribution in [-0.4, -0.2) is 26.9 Å². The number of carbonyl (C=O) groups excluding carboxylic acids is 1. The van der Waals surface area contributed by atoms with Crippen LogP contribution in [0.3, 0.4) is 0 Å². The molecule has 0 aliphatic carbocycles. The maximum Gasteiger partial charge on any atom is 0.396 e. The molecular formula is C20H15N3O7. The topological polar surface area (TPSA) is 126 Å². The van der Waals surface area contributed by atoms with Crippen LogP contribution in [0, 0.1) is 17.0 Å². The molecule has 0 N–H and O–H groups in total. The van der Waals surface area contributed by atoms with E-state index in [0.717, 1.165) is 4.40 Å². The average molecular weight is 409 g/mol. The molecule has 1 aromatic carbocycles. The van der Waals surface area contributed by atoms with E-state index in [9.17, 15) is 19.7 Å². The van der Waals surface area contributed by atoms with E-state index in [0.29, 0.717) is 16.7 Å². The minimum Gasteiger partial charge on any atom is -0.462 e. The highest BCUT2D eigenvalue weighted by molar-refractivity contribution is 6.04. The van der Waals surface area contributed by atoms with Gasteiger partial charge in [-0.05, 0) is 44.2 Å². The van der Waals surface area contributed by atoms with E-state index in [1.807, 2.05) is 0 Å². The highest BCUT2D eigenvalue weighted by Crippen LogP contribution is 2.33. The van der Waals surface area contributed by atoms with Crippen molar-refractivity contribution in [1.29, 1.82) is 0 Å². The van der Waals surface area contributed by atoms with E-state index in [1.165, 1.54) is 24.4 Å². The van der Waals surface area contributed by atoms with E-state index in [2.05, 4.69) is 4.98 Å². The van der Waals surface area contributed by atoms with Crippen molar-refractivity contribution < 1.29 is 23.6 Å². The number of benzene rings is 1. The van der Waals surface area contributed by atoms with Crippen LogP contribution in [-0.2, 0) is 4.74 Å². The van der Waals surface area contributed by atoms with Crippen LogP contribution in [0.2, 0.25) is 0 Å². The normalized spacial score (nSPS) is 11.0. The summed E-state index contributed by atoms with van der Waals surface area (Å²) in [5.74, 6) is -0.495. The number of furan rings is 1. The number of nitro groups is 1. The smallest absolute Gasteiger partial charge is 0.396 e. The van der Waals surface area contributed by atoms with Gasteiger partial charge in [-0.25, -0.2) is 4.79 Å². The van der Waals surface area contributed by atoms with Crippen LogP contribution >= 0.6 is 0 Å². The number of esters is 1. The molecule has 4 aromatic rings. The summed E-state index contributed by atoms with van der Waals surface area (Å²) >= 11 is 0. The molecule has 0 bridgehead atoms. The van der Waals surface area contributed by atoms with E-state index in [4.69, 9.17) is 13.9 Å². The van der Waals surface area contributed by atoms with Gasteiger partial charge in [0.25, 0.3) is 0 Å². The summed E-state index contributed by atoms with van der Waals surface area (Å²) in [6.45, 7) is 3.51. The minimum absolute atomic E-state index is 0.143. The summed E-state index contributed by atoms with van der Waals surface area (Å²) in [5.41, 5.74) is -0.821. The van der Waals surface area contributed by atoms with Crippen LogP contribution in [0.1, 0.15) is 23.0 Å². The average Bonchev–Trinajstić information content (AvgIpc) is 3.03. The first-order valence-electron chi connectivity index (χ1n) is 8.94. The van der Waals surface area contributed by atoms with Gasteiger partial charge in [0.1, 0.15) is 28.3 Å². The summed E-state index contributed by atoms with van der Waals surface area (Å²) < 4.78 is 17.3. The van der Waals surface area contributed by atoms with Gasteiger partial charge in [0.2, 0.25) is 0 Å². The number of rotatable bonds is 5. The van der Waals surface area contributed by atoms with Gasteiger partial charge >= 0.3 is 23.1 Å². The molecule has 0 saturated heterocycles. The minimum atomic E-state index is -0.868. The first-order valence-corrected chi connectivity index (χ1v) is 8.94. The molecule has 3 heterocycles. The summed E-state index contributed by atoms with van der Waals surface area (Å²) in [4.78, 5) is 39.6. The Morgan fingerprint density at radius 1 is 1.30 bits per heavy atom. The van der Waals surface area contributed by atoms with Gasteiger partial charge in [0.05, 0.1) is 11.5 Å². The molecule has 4 rings (SSSR count). The van der Waals surface area contributed by atoms with Gasteiger partial charge in [0, 0.05) is 11.6 Å². The second-order valence-corrected chi connectivity index (χ2v) is 6.27. The number of aromatic nitrogens is 2. The zero-order chi connectivity index (χ0) is 21.4. The molecule has 0 atom stereocenters. The highest BCUT2D eigenvalue weighted by Gasteiger charge is 2.26. The molecule has 30 heavy (non-hydrogen) atoms. The third kappa shape index (κ3) is 3.13. The van der Waals surface area contributed by atoms with Gasteiger partial charge in [-0.15, -0.1) is 0 Å². The number of carbonyl (C=O) groups is 1.